The highest BCUT2D eigenvalue weighted by Crippen LogP contribution is 2.32. The van der Waals surface area contributed by atoms with Gasteiger partial charge in [0.2, 0.25) is 0 Å². The van der Waals surface area contributed by atoms with E-state index < -0.39 is 0 Å². The molecule has 0 unspecified atom stereocenters. The molecule has 0 spiro atoms. The molecule has 8 heteroatoms. The van der Waals surface area contributed by atoms with Gasteiger partial charge >= 0.3 is 0 Å². The number of thiophene rings is 1. The van der Waals surface area contributed by atoms with Gasteiger partial charge < -0.3 is 15.0 Å². The maximum Gasteiger partial charge on any atom is 0.265 e. The minimum Gasteiger partial charge on any atom is -0.489 e. The van der Waals surface area contributed by atoms with Crippen LogP contribution < -0.4 is 15.0 Å². The number of hydrogen-bond acceptors (Lipinski definition) is 7. The number of benzene rings is 2. The summed E-state index contributed by atoms with van der Waals surface area (Å²) in [7, 11) is 0. The normalized spacial score (nSPS) is 14.0. The fourth-order valence-corrected chi connectivity index (χ4v) is 5.01. The van der Waals surface area contributed by atoms with Gasteiger partial charge in [-0.3, -0.25) is 4.79 Å². The Morgan fingerprint density at radius 3 is 2.62 bits per heavy atom. The molecular formula is C26H28N4O3S. The molecule has 2 aromatic heterocycles. The van der Waals surface area contributed by atoms with E-state index in [1.54, 1.807) is 0 Å². The monoisotopic (exact) mass is 476 g/mol. The molecule has 2 aromatic carbocycles. The minimum atomic E-state index is -0.187. The average Bonchev–Trinajstić information content (AvgIpc) is 3.54. The molecule has 4 aromatic rings. The van der Waals surface area contributed by atoms with Gasteiger partial charge in [-0.2, -0.15) is 0 Å². The number of anilines is 2. The molecule has 0 radical (unpaired) electrons. The topological polar surface area (TPSA) is 80.5 Å². The van der Waals surface area contributed by atoms with Crippen molar-refractivity contribution in [3.05, 3.63) is 63.8 Å². The van der Waals surface area contributed by atoms with Crippen LogP contribution >= 0.6 is 11.3 Å². The first-order valence-corrected chi connectivity index (χ1v) is 12.6. The van der Waals surface area contributed by atoms with Crippen LogP contribution in [0, 0.1) is 0 Å². The van der Waals surface area contributed by atoms with Crippen LogP contribution in [0.1, 0.15) is 59.8 Å². The standard InChI is InChI=1S/C26H28N4O3S/c1-17(2)19-6-8-20(9-7-19)32-15-18-14-23(34-16-18)26(31)27-21-10-11-22(25-24(21)28-33-29-25)30-12-4-3-5-13-30/h6-11,14,16-17H,3-5,12-13,15H2,1-2H3,(H,27,31). The summed E-state index contributed by atoms with van der Waals surface area (Å²) in [6.07, 6.45) is 3.58. The van der Waals surface area contributed by atoms with Crippen LogP contribution in [0.2, 0.25) is 0 Å². The molecule has 0 saturated carbocycles. The Balaban J connectivity index is 1.25. The number of ether oxygens (including phenoxy) is 1. The van der Waals surface area contributed by atoms with Crippen LogP contribution in [0.15, 0.2) is 52.5 Å². The number of carbonyl (C=O) groups is 1. The number of amides is 1. The molecule has 1 saturated heterocycles. The number of aromatic nitrogens is 2. The van der Waals surface area contributed by atoms with E-state index >= 15 is 0 Å². The summed E-state index contributed by atoms with van der Waals surface area (Å²) < 4.78 is 10.9. The lowest BCUT2D eigenvalue weighted by Crippen LogP contribution is -2.29. The quantitative estimate of drug-likeness (QED) is 0.341. The van der Waals surface area contributed by atoms with E-state index in [0.29, 0.717) is 34.1 Å². The van der Waals surface area contributed by atoms with Crippen molar-refractivity contribution < 1.29 is 14.2 Å². The van der Waals surface area contributed by atoms with Gasteiger partial charge in [0, 0.05) is 18.7 Å². The van der Waals surface area contributed by atoms with E-state index in [4.69, 9.17) is 9.37 Å². The van der Waals surface area contributed by atoms with Gasteiger partial charge in [-0.05, 0) is 76.8 Å². The van der Waals surface area contributed by atoms with Crippen molar-refractivity contribution in [2.75, 3.05) is 23.3 Å². The highest BCUT2D eigenvalue weighted by atomic mass is 32.1. The van der Waals surface area contributed by atoms with E-state index in [1.165, 1.54) is 36.2 Å². The summed E-state index contributed by atoms with van der Waals surface area (Å²) in [5.74, 6) is 1.12. The molecule has 1 amide bonds. The van der Waals surface area contributed by atoms with Gasteiger partial charge in [0.1, 0.15) is 12.4 Å². The summed E-state index contributed by atoms with van der Waals surface area (Å²) in [6, 6.07) is 13.9. The summed E-state index contributed by atoms with van der Waals surface area (Å²) in [4.78, 5) is 15.8. The van der Waals surface area contributed by atoms with Crippen LogP contribution in [0.3, 0.4) is 0 Å². The van der Waals surface area contributed by atoms with Crippen LogP contribution in [-0.4, -0.2) is 29.3 Å². The van der Waals surface area contributed by atoms with E-state index in [-0.39, 0.29) is 5.91 Å². The fraction of sp³-hybridized carbons (Fsp3) is 0.346. The molecule has 176 valence electrons. The Morgan fingerprint density at radius 2 is 1.85 bits per heavy atom. The van der Waals surface area contributed by atoms with E-state index in [0.717, 1.165) is 30.1 Å². The number of nitrogens with zero attached hydrogens (tertiary/aromatic N) is 3. The smallest absolute Gasteiger partial charge is 0.265 e. The number of piperidine rings is 1. The summed E-state index contributed by atoms with van der Waals surface area (Å²) in [5.41, 5.74) is 5.09. The van der Waals surface area contributed by atoms with Crippen LogP contribution in [0.5, 0.6) is 5.75 Å². The summed E-state index contributed by atoms with van der Waals surface area (Å²) >= 11 is 1.39. The number of carbonyl (C=O) groups excluding carboxylic acids is 1. The van der Waals surface area contributed by atoms with Crippen molar-refractivity contribution in [1.29, 1.82) is 0 Å². The molecule has 34 heavy (non-hydrogen) atoms. The average molecular weight is 477 g/mol. The maximum absolute atomic E-state index is 12.9. The van der Waals surface area contributed by atoms with Crippen LogP contribution in [0.25, 0.3) is 11.0 Å². The van der Waals surface area contributed by atoms with Crippen molar-refractivity contribution in [3.63, 3.8) is 0 Å². The molecule has 0 atom stereocenters. The van der Waals surface area contributed by atoms with E-state index in [2.05, 4.69) is 46.5 Å². The van der Waals surface area contributed by atoms with Crippen LogP contribution in [0.4, 0.5) is 11.4 Å². The fourth-order valence-electron chi connectivity index (χ4n) is 4.21. The molecule has 1 fully saturated rings. The summed E-state index contributed by atoms with van der Waals surface area (Å²) in [6.45, 7) is 6.74. The lowest BCUT2D eigenvalue weighted by Gasteiger charge is -2.28. The number of fused-ring (bicyclic) bond motifs is 1. The maximum atomic E-state index is 12.9. The molecule has 1 aliphatic rings. The van der Waals surface area contributed by atoms with Gasteiger partial charge in [0.25, 0.3) is 5.91 Å². The molecular weight excluding hydrogens is 448 g/mol. The van der Waals surface area contributed by atoms with E-state index in [1.807, 2.05) is 35.7 Å². The Morgan fingerprint density at radius 1 is 1.09 bits per heavy atom. The Labute approximate surface area is 202 Å². The third-order valence-electron chi connectivity index (χ3n) is 6.17. The van der Waals surface area contributed by atoms with Gasteiger partial charge in [-0.1, -0.05) is 26.0 Å². The highest BCUT2D eigenvalue weighted by molar-refractivity contribution is 7.12. The zero-order chi connectivity index (χ0) is 23.5. The first kappa shape index (κ1) is 22.4. The van der Waals surface area contributed by atoms with Crippen LogP contribution in [-0.2, 0) is 6.61 Å². The molecule has 7 nitrogen and oxygen atoms in total. The highest BCUT2D eigenvalue weighted by Gasteiger charge is 2.20. The molecule has 0 bridgehead atoms. The van der Waals surface area contributed by atoms with Crippen molar-refractivity contribution in [3.8, 4) is 5.75 Å². The van der Waals surface area contributed by atoms with Gasteiger partial charge in [0.15, 0.2) is 11.0 Å². The van der Waals surface area contributed by atoms with Gasteiger partial charge in [0.05, 0.1) is 16.3 Å². The first-order chi connectivity index (χ1) is 16.6. The zero-order valence-electron chi connectivity index (χ0n) is 19.4. The lowest BCUT2D eigenvalue weighted by molar-refractivity contribution is 0.103. The second kappa shape index (κ2) is 9.85. The zero-order valence-corrected chi connectivity index (χ0v) is 20.2. The van der Waals surface area contributed by atoms with Crippen molar-refractivity contribution in [2.24, 2.45) is 0 Å². The molecule has 1 aliphatic heterocycles. The first-order valence-electron chi connectivity index (χ1n) is 11.7. The predicted octanol–water partition coefficient (Wildman–Crippen LogP) is 6.23. The van der Waals surface area contributed by atoms with Gasteiger partial charge in [-0.15, -0.1) is 11.3 Å². The third kappa shape index (κ3) is 4.77. The largest absolute Gasteiger partial charge is 0.489 e. The minimum absolute atomic E-state index is 0.187. The Bertz CT molecular complexity index is 1270. The van der Waals surface area contributed by atoms with Crippen molar-refractivity contribution in [1.82, 2.24) is 10.3 Å². The summed E-state index contributed by atoms with van der Waals surface area (Å²) in [5, 5.41) is 13.1. The van der Waals surface area contributed by atoms with Crippen molar-refractivity contribution in [2.45, 2.75) is 45.6 Å². The van der Waals surface area contributed by atoms with Gasteiger partial charge in [-0.25, -0.2) is 4.63 Å². The molecule has 0 aliphatic carbocycles. The number of hydrogen-bond donors (Lipinski definition) is 1. The third-order valence-corrected chi connectivity index (χ3v) is 7.15. The lowest BCUT2D eigenvalue weighted by atomic mass is 10.0. The van der Waals surface area contributed by atoms with E-state index in [9.17, 15) is 4.79 Å². The SMILES string of the molecule is CC(C)c1ccc(OCc2csc(C(=O)Nc3ccc(N4CCCCC4)c4nonc34)c2)cc1. The number of nitrogens with one attached hydrogen (secondary N) is 1. The molecule has 5 rings (SSSR count). The molecule has 3 heterocycles. The second-order valence-corrected chi connectivity index (χ2v) is 9.84. The van der Waals surface area contributed by atoms with Crippen molar-refractivity contribution >= 4 is 39.7 Å². The Kier molecular flexibility index (Phi) is 6.49. The predicted molar refractivity (Wildman–Crippen MR) is 135 cm³/mol. The molecule has 1 N–H and O–H groups in total. The second-order valence-electron chi connectivity index (χ2n) is 8.93. The number of rotatable bonds is 7. The Hall–Kier alpha value is -3.39.